The number of hydrogen-bond donors (Lipinski definition) is 0. The van der Waals surface area contributed by atoms with Crippen LogP contribution in [0.25, 0.3) is 10.9 Å². The van der Waals surface area contributed by atoms with E-state index in [0.29, 0.717) is 5.88 Å². The van der Waals surface area contributed by atoms with Crippen molar-refractivity contribution in [2.75, 3.05) is 18.0 Å². The third-order valence-electron chi connectivity index (χ3n) is 4.08. The fourth-order valence-electron chi connectivity index (χ4n) is 2.98. The average Bonchev–Trinajstić information content (AvgIpc) is 2.46. The number of pyridine rings is 1. The molecule has 1 aromatic heterocycles. The minimum Gasteiger partial charge on any atom is -0.356 e. The lowest BCUT2D eigenvalue weighted by Crippen LogP contribution is -2.28. The molecule has 0 bridgehead atoms. The second-order valence-corrected chi connectivity index (χ2v) is 5.82. The molecule has 1 aliphatic rings. The molecule has 0 N–H and O–H groups in total. The van der Waals surface area contributed by atoms with E-state index >= 15 is 0 Å². The molecule has 3 heteroatoms. The summed E-state index contributed by atoms with van der Waals surface area (Å²) in [5, 5.41) is 1.18. The molecule has 2 nitrogen and oxygen atoms in total. The van der Waals surface area contributed by atoms with Crippen LogP contribution in [0.3, 0.4) is 0 Å². The van der Waals surface area contributed by atoms with Gasteiger partial charge >= 0.3 is 0 Å². The van der Waals surface area contributed by atoms with Crippen molar-refractivity contribution < 1.29 is 0 Å². The molecule has 0 spiro atoms. The van der Waals surface area contributed by atoms with Gasteiger partial charge < -0.3 is 4.90 Å². The third kappa shape index (κ3) is 2.90. The Labute approximate surface area is 125 Å². The molecule has 0 radical (unpaired) electrons. The van der Waals surface area contributed by atoms with Gasteiger partial charge in [-0.3, -0.25) is 0 Å². The van der Waals surface area contributed by atoms with E-state index in [-0.39, 0.29) is 0 Å². The lowest BCUT2D eigenvalue weighted by atomic mass is 10.1. The topological polar surface area (TPSA) is 16.1 Å². The van der Waals surface area contributed by atoms with Crippen LogP contribution in [-0.4, -0.2) is 18.1 Å². The first-order valence-corrected chi connectivity index (χ1v) is 8.11. The third-order valence-corrected chi connectivity index (χ3v) is 4.37. The maximum atomic E-state index is 6.16. The van der Waals surface area contributed by atoms with Crippen LogP contribution < -0.4 is 4.90 Å². The molecule has 0 aliphatic carbocycles. The van der Waals surface area contributed by atoms with Gasteiger partial charge in [-0.2, -0.15) is 0 Å². The van der Waals surface area contributed by atoms with Gasteiger partial charge in [0.1, 0.15) is 5.82 Å². The number of benzene rings is 1. The fraction of sp³-hybridized carbons (Fsp3) is 0.471. The number of alkyl halides is 1. The molecule has 0 unspecified atom stereocenters. The molecule has 3 rings (SSSR count). The maximum absolute atomic E-state index is 6.16. The van der Waals surface area contributed by atoms with E-state index in [9.17, 15) is 0 Å². The normalized spacial score (nSPS) is 16.9. The van der Waals surface area contributed by atoms with E-state index in [4.69, 9.17) is 16.6 Å². The Morgan fingerprint density at radius 2 is 1.70 bits per heavy atom. The standard InChI is InChI=1S/C17H21ClN2/c18-13-15-12-14-8-4-5-9-16(14)19-17(15)20-10-6-2-1-3-7-11-20/h4-5,8-9,12H,1-3,6-7,10-11,13H2. The summed E-state index contributed by atoms with van der Waals surface area (Å²) >= 11 is 6.16. The molecule has 1 aromatic carbocycles. The van der Waals surface area contributed by atoms with Gasteiger partial charge in [0.25, 0.3) is 0 Å². The summed E-state index contributed by atoms with van der Waals surface area (Å²) in [7, 11) is 0. The Hall–Kier alpha value is -1.28. The number of nitrogens with zero attached hydrogens (tertiary/aromatic N) is 2. The van der Waals surface area contributed by atoms with E-state index in [1.54, 1.807) is 0 Å². The van der Waals surface area contributed by atoms with Gasteiger partial charge in [0.05, 0.1) is 11.4 Å². The molecule has 1 saturated heterocycles. The van der Waals surface area contributed by atoms with E-state index < -0.39 is 0 Å². The van der Waals surface area contributed by atoms with E-state index in [0.717, 1.165) is 30.0 Å². The molecule has 2 aromatic rings. The minimum atomic E-state index is 0.531. The van der Waals surface area contributed by atoms with Crippen molar-refractivity contribution in [3.8, 4) is 0 Å². The highest BCUT2D eigenvalue weighted by molar-refractivity contribution is 6.17. The van der Waals surface area contributed by atoms with E-state index in [1.807, 2.05) is 6.07 Å². The van der Waals surface area contributed by atoms with Gasteiger partial charge in [-0.05, 0) is 25.0 Å². The summed E-state index contributed by atoms with van der Waals surface area (Å²) in [6, 6.07) is 10.5. The summed E-state index contributed by atoms with van der Waals surface area (Å²) in [4.78, 5) is 7.32. The van der Waals surface area contributed by atoms with Crippen LogP contribution in [0.2, 0.25) is 0 Å². The van der Waals surface area contributed by atoms with Gasteiger partial charge in [-0.15, -0.1) is 11.6 Å². The Morgan fingerprint density at radius 3 is 2.45 bits per heavy atom. The molecule has 2 heterocycles. The number of para-hydroxylation sites is 1. The zero-order chi connectivity index (χ0) is 13.8. The van der Waals surface area contributed by atoms with Gasteiger partial charge in [0, 0.05) is 24.0 Å². The van der Waals surface area contributed by atoms with Crippen molar-refractivity contribution in [3.05, 3.63) is 35.9 Å². The zero-order valence-corrected chi connectivity index (χ0v) is 12.6. The van der Waals surface area contributed by atoms with Crippen LogP contribution in [0.1, 0.15) is 37.7 Å². The summed E-state index contributed by atoms with van der Waals surface area (Å²) in [6.45, 7) is 2.21. The van der Waals surface area contributed by atoms with E-state index in [2.05, 4.69) is 29.2 Å². The Bertz CT molecular complexity index is 574. The van der Waals surface area contributed by atoms with Crippen LogP contribution >= 0.6 is 11.6 Å². The number of anilines is 1. The first-order valence-electron chi connectivity index (χ1n) is 7.58. The van der Waals surface area contributed by atoms with Crippen LogP contribution in [-0.2, 0) is 5.88 Å². The SMILES string of the molecule is ClCc1cc2ccccc2nc1N1CCCCCCC1. The van der Waals surface area contributed by atoms with Gasteiger partial charge in [-0.1, -0.05) is 37.5 Å². The first-order chi connectivity index (χ1) is 9.88. The predicted octanol–water partition coefficient (Wildman–Crippen LogP) is 4.74. The van der Waals surface area contributed by atoms with Crippen molar-refractivity contribution in [3.63, 3.8) is 0 Å². The molecular weight excluding hydrogens is 268 g/mol. The average molecular weight is 289 g/mol. The lowest BCUT2D eigenvalue weighted by Gasteiger charge is -2.27. The molecule has 20 heavy (non-hydrogen) atoms. The highest BCUT2D eigenvalue weighted by Gasteiger charge is 2.15. The van der Waals surface area contributed by atoms with Crippen molar-refractivity contribution in [2.45, 2.75) is 38.0 Å². The number of fused-ring (bicyclic) bond motifs is 1. The Kier molecular flexibility index (Phi) is 4.41. The largest absolute Gasteiger partial charge is 0.356 e. The van der Waals surface area contributed by atoms with Crippen molar-refractivity contribution in [1.82, 2.24) is 4.98 Å². The first kappa shape index (κ1) is 13.7. The Morgan fingerprint density at radius 1 is 1.00 bits per heavy atom. The van der Waals surface area contributed by atoms with Crippen LogP contribution in [0.15, 0.2) is 30.3 Å². The predicted molar refractivity (Wildman–Crippen MR) is 86.6 cm³/mol. The van der Waals surface area contributed by atoms with Crippen molar-refractivity contribution >= 4 is 28.3 Å². The molecule has 0 saturated carbocycles. The van der Waals surface area contributed by atoms with E-state index in [1.165, 1.54) is 37.5 Å². The summed E-state index contributed by atoms with van der Waals surface area (Å²) < 4.78 is 0. The highest BCUT2D eigenvalue weighted by Crippen LogP contribution is 2.26. The molecule has 106 valence electrons. The molecular formula is C17H21ClN2. The van der Waals surface area contributed by atoms with Gasteiger partial charge in [0.15, 0.2) is 0 Å². The smallest absolute Gasteiger partial charge is 0.133 e. The van der Waals surface area contributed by atoms with Gasteiger partial charge in [0.2, 0.25) is 0 Å². The number of halogens is 1. The molecule has 1 fully saturated rings. The molecule has 0 amide bonds. The van der Waals surface area contributed by atoms with Crippen LogP contribution in [0.4, 0.5) is 5.82 Å². The number of hydrogen-bond acceptors (Lipinski definition) is 2. The zero-order valence-electron chi connectivity index (χ0n) is 11.8. The monoisotopic (exact) mass is 288 g/mol. The van der Waals surface area contributed by atoms with Crippen molar-refractivity contribution in [1.29, 1.82) is 0 Å². The van der Waals surface area contributed by atoms with Crippen LogP contribution in [0.5, 0.6) is 0 Å². The highest BCUT2D eigenvalue weighted by atomic mass is 35.5. The van der Waals surface area contributed by atoms with Crippen molar-refractivity contribution in [2.24, 2.45) is 0 Å². The number of aromatic nitrogens is 1. The maximum Gasteiger partial charge on any atom is 0.133 e. The van der Waals surface area contributed by atoms with Crippen LogP contribution in [0, 0.1) is 0 Å². The summed E-state index contributed by atoms with van der Waals surface area (Å²) in [5.41, 5.74) is 2.23. The second-order valence-electron chi connectivity index (χ2n) is 5.55. The molecule has 0 atom stereocenters. The minimum absolute atomic E-state index is 0.531. The Balaban J connectivity index is 1.99. The second kappa shape index (κ2) is 6.45. The molecule has 1 aliphatic heterocycles. The lowest BCUT2D eigenvalue weighted by molar-refractivity contribution is 0.553. The number of rotatable bonds is 2. The summed E-state index contributed by atoms with van der Waals surface area (Å²) in [6.07, 6.45) is 6.56. The quantitative estimate of drug-likeness (QED) is 0.742. The fourth-order valence-corrected chi connectivity index (χ4v) is 3.18. The summed E-state index contributed by atoms with van der Waals surface area (Å²) in [5.74, 6) is 1.63. The van der Waals surface area contributed by atoms with Gasteiger partial charge in [-0.25, -0.2) is 4.98 Å².